The smallest absolute Gasteiger partial charge is 0.332 e. The molecule has 3 rings (SSSR count). The maximum atomic E-state index is 12.0. The molecule has 5 nitrogen and oxygen atoms in total. The lowest BCUT2D eigenvalue weighted by atomic mass is 10.0. The summed E-state index contributed by atoms with van der Waals surface area (Å²) < 4.78 is 1.40. The van der Waals surface area contributed by atoms with Gasteiger partial charge in [-0.3, -0.25) is 0 Å². The molecule has 3 atom stereocenters. The maximum absolute atomic E-state index is 12.0. The molecule has 0 aromatic carbocycles. The van der Waals surface area contributed by atoms with Crippen molar-refractivity contribution < 1.29 is 4.79 Å². The first-order valence-electron chi connectivity index (χ1n) is 5.88. The van der Waals surface area contributed by atoms with Crippen LogP contribution >= 0.6 is 11.8 Å². The van der Waals surface area contributed by atoms with Crippen LogP contribution in [0.3, 0.4) is 0 Å². The van der Waals surface area contributed by atoms with E-state index in [9.17, 15) is 4.79 Å². The Balaban J connectivity index is 1.63. The van der Waals surface area contributed by atoms with Gasteiger partial charge in [0.05, 0.1) is 6.20 Å². The molecule has 2 aliphatic rings. The lowest BCUT2D eigenvalue weighted by Gasteiger charge is -2.22. The van der Waals surface area contributed by atoms with Crippen LogP contribution in [0, 0.1) is 5.92 Å². The zero-order valence-corrected chi connectivity index (χ0v) is 10.6. The third-order valence-corrected chi connectivity index (χ3v) is 4.33. The summed E-state index contributed by atoms with van der Waals surface area (Å²) in [5, 5.41) is 7.14. The summed E-state index contributed by atoms with van der Waals surface area (Å²) in [5.41, 5.74) is 0. The van der Waals surface area contributed by atoms with Gasteiger partial charge in [-0.1, -0.05) is 0 Å². The molecule has 2 aliphatic heterocycles. The number of aromatic nitrogens is 2. The van der Waals surface area contributed by atoms with Crippen molar-refractivity contribution in [1.29, 1.82) is 0 Å². The molecule has 2 saturated heterocycles. The van der Waals surface area contributed by atoms with Gasteiger partial charge in [0.1, 0.15) is 0 Å². The Morgan fingerprint density at radius 2 is 2.47 bits per heavy atom. The fourth-order valence-corrected chi connectivity index (χ4v) is 3.05. The Kier molecular flexibility index (Phi) is 2.84. The summed E-state index contributed by atoms with van der Waals surface area (Å²) >= 11 is 1.59. The third kappa shape index (κ3) is 2.07. The summed E-state index contributed by atoms with van der Waals surface area (Å²) in [6, 6.07) is 0.197. The fraction of sp³-hybridized carbons (Fsp3) is 0.636. The average Bonchev–Trinajstić information content (AvgIpc) is 3.04. The van der Waals surface area contributed by atoms with Crippen LogP contribution < -0.4 is 5.32 Å². The largest absolute Gasteiger partial charge is 0.342 e. The van der Waals surface area contributed by atoms with Crippen molar-refractivity contribution in [3.05, 3.63) is 12.4 Å². The number of thioether (sulfide) groups is 1. The van der Waals surface area contributed by atoms with Crippen LogP contribution in [-0.2, 0) is 0 Å². The van der Waals surface area contributed by atoms with Gasteiger partial charge in [-0.05, 0) is 25.1 Å². The minimum Gasteiger partial charge on any atom is -0.332 e. The molecule has 1 N–H and O–H groups in total. The number of piperidine rings is 1. The number of amides is 1. The highest BCUT2D eigenvalue weighted by molar-refractivity contribution is 7.98. The van der Waals surface area contributed by atoms with Crippen molar-refractivity contribution in [1.82, 2.24) is 20.0 Å². The molecule has 1 aromatic rings. The Bertz CT molecular complexity index is 433. The molecular weight excluding hydrogens is 236 g/mol. The number of carbonyl (C=O) groups excluding carboxylic acids is 1. The topological polar surface area (TPSA) is 50.2 Å². The first-order chi connectivity index (χ1) is 8.26. The minimum atomic E-state index is -0.107. The van der Waals surface area contributed by atoms with Crippen molar-refractivity contribution in [3.63, 3.8) is 0 Å². The van der Waals surface area contributed by atoms with Crippen molar-refractivity contribution in [2.45, 2.75) is 17.4 Å². The van der Waals surface area contributed by atoms with Crippen LogP contribution in [0.15, 0.2) is 17.3 Å². The number of fused-ring (bicyclic) bond motifs is 2. The molecule has 0 radical (unpaired) electrons. The van der Waals surface area contributed by atoms with Gasteiger partial charge < -0.3 is 10.2 Å². The highest BCUT2D eigenvalue weighted by atomic mass is 32.2. The van der Waals surface area contributed by atoms with Gasteiger partial charge in [0.25, 0.3) is 0 Å². The SMILES string of the molecule is CSc1cnn(C(=O)NC2CN3CC[C@H]2C3)c1. The molecular formula is C11H16N4OS. The van der Waals surface area contributed by atoms with Crippen LogP contribution in [0.1, 0.15) is 6.42 Å². The molecule has 2 bridgehead atoms. The highest BCUT2D eigenvalue weighted by Crippen LogP contribution is 2.27. The maximum Gasteiger partial charge on any atom is 0.342 e. The van der Waals surface area contributed by atoms with Gasteiger partial charge >= 0.3 is 6.03 Å². The van der Waals surface area contributed by atoms with E-state index in [2.05, 4.69) is 15.3 Å². The van der Waals surface area contributed by atoms with Crippen LogP contribution in [0.4, 0.5) is 4.79 Å². The second-order valence-electron chi connectivity index (χ2n) is 4.69. The van der Waals surface area contributed by atoms with Gasteiger partial charge in [0, 0.05) is 30.2 Å². The van der Waals surface area contributed by atoms with E-state index in [4.69, 9.17) is 0 Å². The van der Waals surface area contributed by atoms with Crippen molar-refractivity contribution >= 4 is 17.8 Å². The first kappa shape index (κ1) is 11.1. The minimum absolute atomic E-state index is 0.107. The van der Waals surface area contributed by atoms with Gasteiger partial charge in [0.2, 0.25) is 0 Å². The molecule has 0 aliphatic carbocycles. The van der Waals surface area contributed by atoms with Crippen molar-refractivity contribution in [2.75, 3.05) is 25.9 Å². The van der Waals surface area contributed by atoms with Gasteiger partial charge in [-0.2, -0.15) is 9.78 Å². The van der Waals surface area contributed by atoms with Crippen molar-refractivity contribution in [3.8, 4) is 0 Å². The highest BCUT2D eigenvalue weighted by Gasteiger charge is 2.38. The van der Waals surface area contributed by atoms with Crippen LogP contribution in [0.25, 0.3) is 0 Å². The lowest BCUT2D eigenvalue weighted by Crippen LogP contribution is -2.45. The average molecular weight is 252 g/mol. The number of nitrogens with one attached hydrogen (secondary N) is 1. The van der Waals surface area contributed by atoms with E-state index in [0.29, 0.717) is 12.0 Å². The second-order valence-corrected chi connectivity index (χ2v) is 5.57. The number of hydrogen-bond acceptors (Lipinski definition) is 4. The van der Waals surface area contributed by atoms with Gasteiger partial charge in [0.15, 0.2) is 0 Å². The Morgan fingerprint density at radius 3 is 3.06 bits per heavy atom. The fourth-order valence-electron chi connectivity index (χ4n) is 2.70. The standard InChI is InChI=1S/C11H16N4OS/c1-17-9-4-12-15(6-9)11(16)13-10-7-14-3-2-8(10)5-14/h4,6,8,10H,2-3,5,7H2,1H3,(H,13,16)/t8-,10?/m0/s1. The Labute approximate surface area is 105 Å². The molecule has 0 spiro atoms. The summed E-state index contributed by atoms with van der Waals surface area (Å²) in [5.74, 6) is 0.634. The second kappa shape index (κ2) is 4.34. The Morgan fingerprint density at radius 1 is 1.59 bits per heavy atom. The van der Waals surface area contributed by atoms with E-state index in [1.54, 1.807) is 24.2 Å². The normalized spacial score (nSPS) is 30.8. The molecule has 17 heavy (non-hydrogen) atoms. The molecule has 92 valence electrons. The predicted molar refractivity (Wildman–Crippen MR) is 66.3 cm³/mol. The molecule has 2 unspecified atom stereocenters. The van der Waals surface area contributed by atoms with Gasteiger partial charge in [-0.15, -0.1) is 11.8 Å². The summed E-state index contributed by atoms with van der Waals surface area (Å²) in [4.78, 5) is 15.4. The van der Waals surface area contributed by atoms with Crippen LogP contribution in [0.5, 0.6) is 0 Å². The van der Waals surface area contributed by atoms with Crippen molar-refractivity contribution in [2.24, 2.45) is 5.92 Å². The molecule has 2 fully saturated rings. The molecule has 3 heterocycles. The van der Waals surface area contributed by atoms with E-state index in [1.807, 2.05) is 6.26 Å². The zero-order chi connectivity index (χ0) is 11.8. The monoisotopic (exact) mass is 252 g/mol. The number of rotatable bonds is 2. The number of carbonyl (C=O) groups is 1. The van der Waals surface area contributed by atoms with E-state index in [-0.39, 0.29) is 6.03 Å². The molecule has 6 heteroatoms. The first-order valence-corrected chi connectivity index (χ1v) is 7.10. The molecule has 1 amide bonds. The third-order valence-electron chi connectivity index (χ3n) is 3.64. The van der Waals surface area contributed by atoms with Crippen LogP contribution in [0.2, 0.25) is 0 Å². The molecule has 0 saturated carbocycles. The van der Waals surface area contributed by atoms with E-state index < -0.39 is 0 Å². The number of hydrogen-bond donors (Lipinski definition) is 1. The number of nitrogens with zero attached hydrogens (tertiary/aromatic N) is 3. The Hall–Kier alpha value is -1.01. The van der Waals surface area contributed by atoms with E-state index in [0.717, 1.165) is 18.0 Å². The summed E-state index contributed by atoms with van der Waals surface area (Å²) in [7, 11) is 0. The quantitative estimate of drug-likeness (QED) is 0.793. The van der Waals surface area contributed by atoms with Gasteiger partial charge in [-0.25, -0.2) is 4.79 Å². The lowest BCUT2D eigenvalue weighted by molar-refractivity contribution is 0.228. The van der Waals surface area contributed by atoms with Crippen LogP contribution in [-0.4, -0.2) is 52.6 Å². The van der Waals surface area contributed by atoms with E-state index >= 15 is 0 Å². The summed E-state index contributed by atoms with van der Waals surface area (Å²) in [6.07, 6.45) is 6.67. The summed E-state index contributed by atoms with van der Waals surface area (Å²) in [6.45, 7) is 3.32. The van der Waals surface area contributed by atoms with E-state index in [1.165, 1.54) is 17.6 Å². The zero-order valence-electron chi connectivity index (χ0n) is 9.80. The predicted octanol–water partition coefficient (Wildman–Crippen LogP) is 0.867. The molecule has 1 aromatic heterocycles.